The summed E-state index contributed by atoms with van der Waals surface area (Å²) in [5.74, 6) is -1.56. The maximum Gasteiger partial charge on any atom is 0.319 e. The highest BCUT2D eigenvalue weighted by atomic mass is 16.4. The molecule has 2 fully saturated rings. The van der Waals surface area contributed by atoms with Crippen molar-refractivity contribution in [2.45, 2.75) is 25.3 Å². The van der Waals surface area contributed by atoms with Crippen molar-refractivity contribution in [3.63, 3.8) is 0 Å². The lowest BCUT2D eigenvalue weighted by Crippen LogP contribution is -2.49. The van der Waals surface area contributed by atoms with Crippen molar-refractivity contribution < 1.29 is 19.5 Å². The Hall–Kier alpha value is -1.79. The number of carboxylic acids is 1. The highest BCUT2D eigenvalue weighted by Crippen LogP contribution is 2.25. The highest BCUT2D eigenvalue weighted by Gasteiger charge is 2.39. The minimum atomic E-state index is -0.902. The molecular weight excluding hydrogens is 262 g/mol. The van der Waals surface area contributed by atoms with Crippen LogP contribution in [0.15, 0.2) is 0 Å². The van der Waals surface area contributed by atoms with Crippen molar-refractivity contribution in [1.82, 2.24) is 14.7 Å². The van der Waals surface area contributed by atoms with Gasteiger partial charge in [-0.2, -0.15) is 0 Å². The van der Waals surface area contributed by atoms with Crippen molar-refractivity contribution in [1.29, 1.82) is 0 Å². The molecule has 0 aromatic heterocycles. The van der Waals surface area contributed by atoms with Gasteiger partial charge in [0.05, 0.1) is 5.92 Å². The lowest BCUT2D eigenvalue weighted by Gasteiger charge is -2.37. The van der Waals surface area contributed by atoms with Crippen LogP contribution in [-0.4, -0.2) is 77.5 Å². The molecule has 7 heteroatoms. The minimum Gasteiger partial charge on any atom is -0.481 e. The van der Waals surface area contributed by atoms with E-state index in [1.807, 2.05) is 0 Å². The number of piperidine rings is 1. The largest absolute Gasteiger partial charge is 0.481 e. The number of aliphatic carboxylic acids is 1. The minimum absolute atomic E-state index is 0.0142. The maximum absolute atomic E-state index is 11.9. The lowest BCUT2D eigenvalue weighted by molar-refractivity contribution is -0.141. The van der Waals surface area contributed by atoms with Gasteiger partial charge in [0.2, 0.25) is 5.91 Å². The lowest BCUT2D eigenvalue weighted by atomic mass is 10.0. The van der Waals surface area contributed by atoms with Gasteiger partial charge >= 0.3 is 12.0 Å². The number of carboxylic acid groups (broad SMARTS) is 1. The summed E-state index contributed by atoms with van der Waals surface area (Å²) in [6, 6.07) is 0.0534. The first-order chi connectivity index (χ1) is 9.40. The predicted octanol–water partition coefficient (Wildman–Crippen LogP) is 0.0655. The van der Waals surface area contributed by atoms with Crippen LogP contribution >= 0.6 is 0 Å². The third kappa shape index (κ3) is 2.86. The Morgan fingerprint density at radius 3 is 2.30 bits per heavy atom. The number of carbonyl (C=O) groups excluding carboxylic acids is 2. The molecule has 1 atom stereocenters. The second-order valence-electron chi connectivity index (χ2n) is 5.68. The van der Waals surface area contributed by atoms with Crippen molar-refractivity contribution in [3.8, 4) is 0 Å². The Morgan fingerprint density at radius 2 is 1.85 bits per heavy atom. The number of hydrogen-bond donors (Lipinski definition) is 1. The zero-order valence-corrected chi connectivity index (χ0v) is 11.9. The van der Waals surface area contributed by atoms with E-state index >= 15 is 0 Å². The molecule has 112 valence electrons. The normalized spacial score (nSPS) is 24.1. The van der Waals surface area contributed by atoms with Crippen LogP contribution in [0.5, 0.6) is 0 Å². The van der Waals surface area contributed by atoms with Crippen molar-refractivity contribution in [2.24, 2.45) is 5.92 Å². The fourth-order valence-corrected chi connectivity index (χ4v) is 2.90. The van der Waals surface area contributed by atoms with Gasteiger partial charge in [0, 0.05) is 46.2 Å². The summed E-state index contributed by atoms with van der Waals surface area (Å²) in [6.45, 7) is 1.53. The maximum atomic E-state index is 11.9. The molecule has 3 amide bonds. The van der Waals surface area contributed by atoms with Crippen molar-refractivity contribution in [2.75, 3.05) is 33.7 Å². The fourth-order valence-electron chi connectivity index (χ4n) is 2.90. The number of nitrogens with zero attached hydrogens (tertiary/aromatic N) is 3. The second-order valence-corrected chi connectivity index (χ2v) is 5.68. The topological polar surface area (TPSA) is 81.2 Å². The van der Waals surface area contributed by atoms with Gasteiger partial charge in [0.1, 0.15) is 0 Å². The van der Waals surface area contributed by atoms with E-state index in [0.29, 0.717) is 19.6 Å². The standard InChI is InChI=1S/C13H21N3O4/c1-14(2)13(20)15-5-3-10(4-6-15)16-8-9(12(18)19)7-11(16)17/h9-10H,3-8H2,1-2H3,(H,18,19). The summed E-state index contributed by atoms with van der Waals surface area (Å²) in [5.41, 5.74) is 0. The van der Waals surface area contributed by atoms with Crippen LogP contribution in [0.25, 0.3) is 0 Å². The Kier molecular flexibility index (Phi) is 4.15. The summed E-state index contributed by atoms with van der Waals surface area (Å²) >= 11 is 0. The number of urea groups is 1. The zero-order chi connectivity index (χ0) is 14.9. The molecule has 1 N–H and O–H groups in total. The summed E-state index contributed by atoms with van der Waals surface area (Å²) in [6.07, 6.45) is 1.54. The monoisotopic (exact) mass is 283 g/mol. The van der Waals surface area contributed by atoms with E-state index in [1.54, 1.807) is 28.8 Å². The third-order valence-corrected chi connectivity index (χ3v) is 4.07. The summed E-state index contributed by atoms with van der Waals surface area (Å²) in [7, 11) is 3.44. The van der Waals surface area contributed by atoms with Gasteiger partial charge in [0.25, 0.3) is 0 Å². The molecule has 0 bridgehead atoms. The molecule has 1 unspecified atom stereocenters. The second kappa shape index (κ2) is 5.68. The Balaban J connectivity index is 1.90. The first-order valence-corrected chi connectivity index (χ1v) is 6.88. The molecule has 2 heterocycles. The average molecular weight is 283 g/mol. The Labute approximate surface area is 118 Å². The van der Waals surface area contributed by atoms with E-state index < -0.39 is 11.9 Å². The molecule has 2 aliphatic rings. The van der Waals surface area contributed by atoms with Gasteiger partial charge < -0.3 is 19.8 Å². The van der Waals surface area contributed by atoms with E-state index in [4.69, 9.17) is 5.11 Å². The summed E-state index contributed by atoms with van der Waals surface area (Å²) in [4.78, 5) is 39.7. The first-order valence-electron chi connectivity index (χ1n) is 6.88. The predicted molar refractivity (Wildman–Crippen MR) is 71.1 cm³/mol. The van der Waals surface area contributed by atoms with Crippen LogP contribution in [0, 0.1) is 5.92 Å². The Morgan fingerprint density at radius 1 is 1.25 bits per heavy atom. The van der Waals surface area contributed by atoms with Gasteiger partial charge in [-0.1, -0.05) is 0 Å². The third-order valence-electron chi connectivity index (χ3n) is 4.07. The Bertz CT molecular complexity index is 416. The summed E-state index contributed by atoms with van der Waals surface area (Å²) in [5, 5.41) is 8.99. The van der Waals surface area contributed by atoms with Gasteiger partial charge in [-0.3, -0.25) is 9.59 Å². The van der Waals surface area contributed by atoms with E-state index in [1.165, 1.54) is 0 Å². The first kappa shape index (κ1) is 14.6. The van der Waals surface area contributed by atoms with E-state index in [2.05, 4.69) is 0 Å². The van der Waals surface area contributed by atoms with Crippen LogP contribution in [0.2, 0.25) is 0 Å². The molecule has 0 aromatic rings. The molecule has 2 aliphatic heterocycles. The fraction of sp³-hybridized carbons (Fsp3) is 0.769. The van der Waals surface area contributed by atoms with Crippen molar-refractivity contribution in [3.05, 3.63) is 0 Å². The number of likely N-dealkylation sites (tertiary alicyclic amines) is 2. The highest BCUT2D eigenvalue weighted by molar-refractivity contribution is 5.86. The molecule has 0 aromatic carbocycles. The molecule has 2 saturated heterocycles. The van der Waals surface area contributed by atoms with Crippen molar-refractivity contribution >= 4 is 17.9 Å². The molecule has 7 nitrogen and oxygen atoms in total. The molecule has 0 radical (unpaired) electrons. The van der Waals surface area contributed by atoms with E-state index in [0.717, 1.165) is 12.8 Å². The van der Waals surface area contributed by atoms with Crippen LogP contribution in [0.1, 0.15) is 19.3 Å². The van der Waals surface area contributed by atoms with Gasteiger partial charge in [-0.25, -0.2) is 4.79 Å². The number of rotatable bonds is 2. The van der Waals surface area contributed by atoms with Gasteiger partial charge in [0.15, 0.2) is 0 Å². The smallest absolute Gasteiger partial charge is 0.319 e. The van der Waals surface area contributed by atoms with Crippen LogP contribution < -0.4 is 0 Å². The quantitative estimate of drug-likeness (QED) is 0.777. The van der Waals surface area contributed by atoms with Gasteiger partial charge in [-0.05, 0) is 12.8 Å². The average Bonchev–Trinajstić information content (AvgIpc) is 2.80. The number of carbonyl (C=O) groups is 3. The van der Waals surface area contributed by atoms with E-state index in [9.17, 15) is 14.4 Å². The van der Waals surface area contributed by atoms with Crippen LogP contribution in [0.4, 0.5) is 4.79 Å². The summed E-state index contributed by atoms with van der Waals surface area (Å²) < 4.78 is 0. The molecule has 0 spiro atoms. The number of amides is 3. The zero-order valence-electron chi connectivity index (χ0n) is 11.9. The SMILES string of the molecule is CN(C)C(=O)N1CCC(N2CC(C(=O)O)CC2=O)CC1. The van der Waals surface area contributed by atoms with Crippen LogP contribution in [-0.2, 0) is 9.59 Å². The van der Waals surface area contributed by atoms with Crippen LogP contribution in [0.3, 0.4) is 0 Å². The molecular formula is C13H21N3O4. The van der Waals surface area contributed by atoms with Gasteiger partial charge in [-0.15, -0.1) is 0 Å². The molecule has 20 heavy (non-hydrogen) atoms. The number of hydrogen-bond acceptors (Lipinski definition) is 3. The molecule has 2 rings (SSSR count). The molecule has 0 aliphatic carbocycles. The van der Waals surface area contributed by atoms with E-state index in [-0.39, 0.29) is 24.4 Å². The molecule has 0 saturated carbocycles.